The van der Waals surface area contributed by atoms with Crippen molar-refractivity contribution in [2.24, 2.45) is 0 Å². The van der Waals surface area contributed by atoms with Gasteiger partial charge in [-0.2, -0.15) is 0 Å². The molecule has 0 radical (unpaired) electrons. The van der Waals surface area contributed by atoms with Gasteiger partial charge < -0.3 is 9.32 Å². The lowest BCUT2D eigenvalue weighted by atomic mass is 10.0. The number of nitrogens with zero attached hydrogens (tertiary/aromatic N) is 2. The van der Waals surface area contributed by atoms with Crippen LogP contribution in [-0.4, -0.2) is 22.3 Å². The van der Waals surface area contributed by atoms with Gasteiger partial charge in [-0.3, -0.25) is 4.79 Å². The van der Waals surface area contributed by atoms with E-state index in [9.17, 15) is 4.79 Å². The Labute approximate surface area is 126 Å². The summed E-state index contributed by atoms with van der Waals surface area (Å²) in [6.45, 7) is 2.71. The van der Waals surface area contributed by atoms with Gasteiger partial charge in [-0.1, -0.05) is 0 Å². The number of halogens is 1. The standard InChI is InChI=1S/C14H15ClN2O2S/c1-9-8-20-13(16-9)10-4-2-3-7-17(10)14(18)11-5-6-12(15)19-11/h5-6,8,10H,2-4,7H2,1H3. The predicted octanol–water partition coefficient (Wildman–Crippen LogP) is 4.07. The molecule has 0 bridgehead atoms. The van der Waals surface area contributed by atoms with Gasteiger partial charge in [0.1, 0.15) is 5.01 Å². The molecule has 1 aliphatic heterocycles. The van der Waals surface area contributed by atoms with Crippen LogP contribution < -0.4 is 0 Å². The largest absolute Gasteiger partial charge is 0.440 e. The number of carbonyl (C=O) groups excluding carboxylic acids is 1. The predicted molar refractivity (Wildman–Crippen MR) is 78.2 cm³/mol. The van der Waals surface area contributed by atoms with Gasteiger partial charge in [0.2, 0.25) is 0 Å². The van der Waals surface area contributed by atoms with Crippen molar-refractivity contribution >= 4 is 28.8 Å². The van der Waals surface area contributed by atoms with Gasteiger partial charge in [-0.25, -0.2) is 4.98 Å². The maximum atomic E-state index is 12.6. The molecule has 106 valence electrons. The molecule has 2 aromatic rings. The van der Waals surface area contributed by atoms with Crippen LogP contribution >= 0.6 is 22.9 Å². The summed E-state index contributed by atoms with van der Waals surface area (Å²) in [7, 11) is 0. The molecule has 1 aliphatic rings. The van der Waals surface area contributed by atoms with E-state index >= 15 is 0 Å². The third kappa shape index (κ3) is 2.60. The molecule has 1 atom stereocenters. The Kier molecular flexibility index (Phi) is 3.81. The molecule has 0 saturated carbocycles. The summed E-state index contributed by atoms with van der Waals surface area (Å²) in [6, 6.07) is 3.28. The first-order chi connectivity index (χ1) is 9.65. The van der Waals surface area contributed by atoms with Crippen molar-refractivity contribution in [2.75, 3.05) is 6.54 Å². The first-order valence-corrected chi connectivity index (χ1v) is 7.89. The van der Waals surface area contributed by atoms with Crippen molar-refractivity contribution in [3.05, 3.63) is 39.2 Å². The highest BCUT2D eigenvalue weighted by Crippen LogP contribution is 2.34. The van der Waals surface area contributed by atoms with E-state index in [1.54, 1.807) is 23.5 Å². The number of aryl methyl sites for hydroxylation is 1. The Balaban J connectivity index is 1.87. The zero-order valence-electron chi connectivity index (χ0n) is 11.1. The van der Waals surface area contributed by atoms with Crippen LogP contribution in [0, 0.1) is 6.92 Å². The third-order valence-corrected chi connectivity index (χ3v) is 4.74. The SMILES string of the molecule is Cc1csc(C2CCCCN2C(=O)c2ccc(Cl)o2)n1. The average Bonchev–Trinajstić information content (AvgIpc) is 3.07. The summed E-state index contributed by atoms with van der Waals surface area (Å²) < 4.78 is 5.25. The van der Waals surface area contributed by atoms with Crippen molar-refractivity contribution in [2.45, 2.75) is 32.2 Å². The number of piperidine rings is 1. The number of amides is 1. The first-order valence-electron chi connectivity index (χ1n) is 6.63. The summed E-state index contributed by atoms with van der Waals surface area (Å²) in [5.41, 5.74) is 1.00. The number of furan rings is 1. The monoisotopic (exact) mass is 310 g/mol. The van der Waals surface area contributed by atoms with E-state index < -0.39 is 0 Å². The normalized spacial score (nSPS) is 19.3. The molecule has 1 saturated heterocycles. The molecule has 1 amide bonds. The molecule has 0 aromatic carbocycles. The van der Waals surface area contributed by atoms with Gasteiger partial charge in [0.25, 0.3) is 5.91 Å². The molecular weight excluding hydrogens is 296 g/mol. The Morgan fingerprint density at radius 1 is 1.50 bits per heavy atom. The summed E-state index contributed by atoms with van der Waals surface area (Å²) in [5, 5.41) is 3.27. The second-order valence-electron chi connectivity index (χ2n) is 4.94. The quantitative estimate of drug-likeness (QED) is 0.840. The van der Waals surface area contributed by atoms with Crippen LogP contribution in [0.2, 0.25) is 5.22 Å². The number of likely N-dealkylation sites (tertiary alicyclic amines) is 1. The molecule has 3 heterocycles. The van der Waals surface area contributed by atoms with Gasteiger partial charge in [0, 0.05) is 17.6 Å². The maximum Gasteiger partial charge on any atom is 0.290 e. The second kappa shape index (κ2) is 5.58. The van der Waals surface area contributed by atoms with Crippen LogP contribution in [-0.2, 0) is 0 Å². The van der Waals surface area contributed by atoms with Crippen LogP contribution in [0.15, 0.2) is 21.9 Å². The van der Waals surface area contributed by atoms with E-state index in [0.717, 1.165) is 36.5 Å². The zero-order chi connectivity index (χ0) is 14.1. The van der Waals surface area contributed by atoms with Crippen LogP contribution in [0.25, 0.3) is 0 Å². The lowest BCUT2D eigenvalue weighted by molar-refractivity contribution is 0.0578. The highest BCUT2D eigenvalue weighted by molar-refractivity contribution is 7.09. The Bertz CT molecular complexity index is 622. The van der Waals surface area contributed by atoms with E-state index in [-0.39, 0.29) is 17.2 Å². The number of hydrogen-bond donors (Lipinski definition) is 0. The molecule has 20 heavy (non-hydrogen) atoms. The van der Waals surface area contributed by atoms with E-state index in [0.29, 0.717) is 5.76 Å². The van der Waals surface area contributed by atoms with E-state index in [4.69, 9.17) is 16.0 Å². The fourth-order valence-electron chi connectivity index (χ4n) is 2.53. The highest BCUT2D eigenvalue weighted by Gasteiger charge is 2.31. The van der Waals surface area contributed by atoms with Gasteiger partial charge in [-0.05, 0) is 49.9 Å². The lowest BCUT2D eigenvalue weighted by Crippen LogP contribution is -2.38. The zero-order valence-corrected chi connectivity index (χ0v) is 12.7. The summed E-state index contributed by atoms with van der Waals surface area (Å²) in [6.07, 6.45) is 3.08. The molecule has 0 N–H and O–H groups in total. The maximum absolute atomic E-state index is 12.6. The molecule has 2 aromatic heterocycles. The molecule has 1 fully saturated rings. The molecule has 1 unspecified atom stereocenters. The number of hydrogen-bond acceptors (Lipinski definition) is 4. The number of carbonyl (C=O) groups is 1. The third-order valence-electron chi connectivity index (χ3n) is 3.47. The van der Waals surface area contributed by atoms with Crippen LogP contribution in [0.1, 0.15) is 46.6 Å². The minimum absolute atomic E-state index is 0.0545. The summed E-state index contributed by atoms with van der Waals surface area (Å²) >= 11 is 7.37. The minimum atomic E-state index is -0.102. The Morgan fingerprint density at radius 2 is 2.35 bits per heavy atom. The van der Waals surface area contributed by atoms with Crippen molar-refractivity contribution in [3.8, 4) is 0 Å². The molecule has 0 aliphatic carbocycles. The van der Waals surface area contributed by atoms with Crippen molar-refractivity contribution < 1.29 is 9.21 Å². The Morgan fingerprint density at radius 3 is 3.00 bits per heavy atom. The summed E-state index contributed by atoms with van der Waals surface area (Å²) in [4.78, 5) is 18.9. The lowest BCUT2D eigenvalue weighted by Gasteiger charge is -2.33. The minimum Gasteiger partial charge on any atom is -0.440 e. The number of thiazole rings is 1. The van der Waals surface area contributed by atoms with Crippen LogP contribution in [0.4, 0.5) is 0 Å². The van der Waals surface area contributed by atoms with Gasteiger partial charge >= 0.3 is 0 Å². The smallest absolute Gasteiger partial charge is 0.290 e. The van der Waals surface area contributed by atoms with E-state index in [2.05, 4.69) is 4.98 Å². The van der Waals surface area contributed by atoms with Gasteiger partial charge in [0.15, 0.2) is 11.0 Å². The fraction of sp³-hybridized carbons (Fsp3) is 0.429. The highest BCUT2D eigenvalue weighted by atomic mass is 35.5. The molecule has 0 spiro atoms. The molecule has 6 heteroatoms. The molecular formula is C14H15ClN2O2S. The number of aromatic nitrogens is 1. The molecule has 3 rings (SSSR count). The van der Waals surface area contributed by atoms with Gasteiger partial charge in [0.05, 0.1) is 6.04 Å². The fourth-order valence-corrected chi connectivity index (χ4v) is 3.62. The molecule has 4 nitrogen and oxygen atoms in total. The van der Waals surface area contributed by atoms with Crippen molar-refractivity contribution in [1.82, 2.24) is 9.88 Å². The summed E-state index contributed by atoms with van der Waals surface area (Å²) in [5.74, 6) is 0.199. The van der Waals surface area contributed by atoms with Gasteiger partial charge in [-0.15, -0.1) is 11.3 Å². The average molecular weight is 311 g/mol. The van der Waals surface area contributed by atoms with Crippen LogP contribution in [0.3, 0.4) is 0 Å². The number of rotatable bonds is 2. The van der Waals surface area contributed by atoms with E-state index in [1.165, 1.54) is 0 Å². The van der Waals surface area contributed by atoms with E-state index in [1.807, 2.05) is 17.2 Å². The van der Waals surface area contributed by atoms with Crippen molar-refractivity contribution in [1.29, 1.82) is 0 Å². The Hall–Kier alpha value is -1.33. The first kappa shape index (κ1) is 13.6. The van der Waals surface area contributed by atoms with Crippen molar-refractivity contribution in [3.63, 3.8) is 0 Å². The second-order valence-corrected chi connectivity index (χ2v) is 6.20. The van der Waals surface area contributed by atoms with Crippen LogP contribution in [0.5, 0.6) is 0 Å². The topological polar surface area (TPSA) is 46.3 Å².